The lowest BCUT2D eigenvalue weighted by Gasteiger charge is -2.31. The van der Waals surface area contributed by atoms with Gasteiger partial charge in [0.1, 0.15) is 12.3 Å². The van der Waals surface area contributed by atoms with E-state index in [2.05, 4.69) is 10.1 Å². The first-order valence-electron chi connectivity index (χ1n) is 9.04. The lowest BCUT2D eigenvalue weighted by atomic mass is 10.1. The van der Waals surface area contributed by atoms with Crippen LogP contribution in [0, 0.1) is 11.3 Å². The second kappa shape index (κ2) is 7.30. The average molecular weight is 369 g/mol. The zero-order chi connectivity index (χ0) is 18.8. The molecule has 0 unspecified atom stereocenters. The van der Waals surface area contributed by atoms with Gasteiger partial charge in [-0.3, -0.25) is 4.79 Å². The maximum absolute atomic E-state index is 14.0. The van der Waals surface area contributed by atoms with Gasteiger partial charge in [-0.05, 0) is 43.5 Å². The molecule has 1 fully saturated rings. The van der Waals surface area contributed by atoms with E-state index in [9.17, 15) is 9.18 Å². The van der Waals surface area contributed by atoms with Gasteiger partial charge in [-0.15, -0.1) is 0 Å². The van der Waals surface area contributed by atoms with Crippen LogP contribution in [0.4, 0.5) is 21.6 Å². The first-order valence-corrected chi connectivity index (χ1v) is 9.04. The molecule has 0 atom stereocenters. The molecule has 3 heterocycles. The highest BCUT2D eigenvalue weighted by Crippen LogP contribution is 2.36. The van der Waals surface area contributed by atoms with Gasteiger partial charge >= 0.3 is 0 Å². The van der Waals surface area contributed by atoms with Crippen molar-refractivity contribution in [3.8, 4) is 5.75 Å². The molecule has 8 heteroatoms. The van der Waals surface area contributed by atoms with E-state index in [0.29, 0.717) is 36.0 Å². The van der Waals surface area contributed by atoms with Gasteiger partial charge in [0.05, 0.1) is 12.1 Å². The maximum Gasteiger partial charge on any atom is 0.255 e. The molecule has 0 saturated carbocycles. The number of amides is 1. The van der Waals surface area contributed by atoms with Gasteiger partial charge in [0.2, 0.25) is 0 Å². The summed E-state index contributed by atoms with van der Waals surface area (Å²) in [7, 11) is 0. The fourth-order valence-corrected chi connectivity index (χ4v) is 3.50. The molecule has 0 spiro atoms. The van der Waals surface area contributed by atoms with Crippen molar-refractivity contribution in [3.63, 3.8) is 0 Å². The van der Waals surface area contributed by atoms with Crippen LogP contribution in [-0.4, -0.2) is 42.0 Å². The van der Waals surface area contributed by atoms with E-state index in [1.165, 1.54) is 12.1 Å². The summed E-state index contributed by atoms with van der Waals surface area (Å²) in [5.74, 6) is 0.468. The Morgan fingerprint density at radius 3 is 2.74 bits per heavy atom. The Hall–Kier alpha value is -3.03. The van der Waals surface area contributed by atoms with Gasteiger partial charge < -0.3 is 14.5 Å². The minimum Gasteiger partial charge on any atom is -0.488 e. The number of aromatic nitrogens is 1. The standard InChI is InChI=1S/C19H20FN5O2/c20-15-11-14(4-5-16(15)23-21)25-8-9-27-17-10-13(12-22-18(17)25)19(26)24-6-2-1-3-7-24/h4-5,10-12,21H,1-3,6-9H2. The smallest absolute Gasteiger partial charge is 0.255 e. The summed E-state index contributed by atoms with van der Waals surface area (Å²) >= 11 is 0. The van der Waals surface area contributed by atoms with Crippen molar-refractivity contribution in [3.05, 3.63) is 41.8 Å². The number of halogens is 1. The number of anilines is 2. The SMILES string of the molecule is N=Nc1ccc(N2CCOc3cc(C(=O)N4CCCCC4)cnc32)cc1F. The van der Waals surface area contributed by atoms with Crippen molar-refractivity contribution in [2.75, 3.05) is 31.1 Å². The Labute approximate surface area is 156 Å². The summed E-state index contributed by atoms with van der Waals surface area (Å²) in [4.78, 5) is 20.8. The van der Waals surface area contributed by atoms with Crippen LogP contribution in [0.5, 0.6) is 5.75 Å². The summed E-state index contributed by atoms with van der Waals surface area (Å²) in [5.41, 5.74) is 8.07. The number of pyridine rings is 1. The van der Waals surface area contributed by atoms with Crippen molar-refractivity contribution >= 4 is 23.1 Å². The lowest BCUT2D eigenvalue weighted by molar-refractivity contribution is 0.0723. The quantitative estimate of drug-likeness (QED) is 0.828. The molecular formula is C19H20FN5O2. The Morgan fingerprint density at radius 2 is 2.00 bits per heavy atom. The molecule has 2 aliphatic heterocycles. The van der Waals surface area contributed by atoms with E-state index in [0.717, 1.165) is 32.4 Å². The molecule has 1 saturated heterocycles. The van der Waals surface area contributed by atoms with Crippen molar-refractivity contribution < 1.29 is 13.9 Å². The number of nitrogens with zero attached hydrogens (tertiary/aromatic N) is 4. The largest absolute Gasteiger partial charge is 0.488 e. The molecule has 2 aromatic rings. The first kappa shape index (κ1) is 17.4. The normalized spacial score (nSPS) is 16.5. The van der Waals surface area contributed by atoms with Crippen LogP contribution in [0.1, 0.15) is 29.6 Å². The van der Waals surface area contributed by atoms with Crippen molar-refractivity contribution in [2.24, 2.45) is 5.11 Å². The molecule has 4 rings (SSSR count). The number of nitrogens with one attached hydrogen (secondary N) is 1. The predicted molar refractivity (Wildman–Crippen MR) is 97.7 cm³/mol. The molecule has 1 aromatic carbocycles. The van der Waals surface area contributed by atoms with Gasteiger partial charge in [-0.2, -0.15) is 5.11 Å². The second-order valence-corrected chi connectivity index (χ2v) is 6.65. The lowest BCUT2D eigenvalue weighted by Crippen LogP contribution is -2.36. The van der Waals surface area contributed by atoms with Crippen LogP contribution in [0.3, 0.4) is 0 Å². The van der Waals surface area contributed by atoms with Crippen molar-refractivity contribution in [2.45, 2.75) is 19.3 Å². The highest BCUT2D eigenvalue weighted by Gasteiger charge is 2.25. The molecule has 0 aliphatic carbocycles. The predicted octanol–water partition coefficient (Wildman–Crippen LogP) is 4.04. The van der Waals surface area contributed by atoms with Crippen LogP contribution in [-0.2, 0) is 0 Å². The summed E-state index contributed by atoms with van der Waals surface area (Å²) in [6.45, 7) is 2.46. The van der Waals surface area contributed by atoms with Gasteiger partial charge in [-0.25, -0.2) is 14.9 Å². The van der Waals surface area contributed by atoms with Gasteiger partial charge in [0.25, 0.3) is 5.91 Å². The fraction of sp³-hybridized carbons (Fsp3) is 0.368. The van der Waals surface area contributed by atoms with E-state index in [1.807, 2.05) is 9.80 Å². The number of carbonyl (C=O) groups excluding carboxylic acids is 1. The molecular weight excluding hydrogens is 349 g/mol. The highest BCUT2D eigenvalue weighted by atomic mass is 19.1. The third kappa shape index (κ3) is 3.34. The Morgan fingerprint density at radius 1 is 1.19 bits per heavy atom. The number of rotatable bonds is 3. The van der Waals surface area contributed by atoms with E-state index in [1.54, 1.807) is 18.3 Å². The fourth-order valence-electron chi connectivity index (χ4n) is 3.50. The van der Waals surface area contributed by atoms with E-state index < -0.39 is 5.82 Å². The Balaban J connectivity index is 1.62. The van der Waals surface area contributed by atoms with Gasteiger partial charge in [0.15, 0.2) is 17.4 Å². The molecule has 0 radical (unpaired) electrons. The minimum atomic E-state index is -0.563. The monoisotopic (exact) mass is 369 g/mol. The maximum atomic E-state index is 14.0. The molecule has 140 valence electrons. The number of hydrogen-bond donors (Lipinski definition) is 1. The van der Waals surface area contributed by atoms with Crippen LogP contribution in [0.25, 0.3) is 0 Å². The third-order valence-electron chi connectivity index (χ3n) is 4.91. The molecule has 1 amide bonds. The van der Waals surface area contributed by atoms with Crippen molar-refractivity contribution in [1.29, 1.82) is 5.53 Å². The van der Waals surface area contributed by atoms with Crippen molar-refractivity contribution in [1.82, 2.24) is 9.88 Å². The third-order valence-corrected chi connectivity index (χ3v) is 4.91. The van der Waals surface area contributed by atoms with E-state index in [-0.39, 0.29) is 11.6 Å². The van der Waals surface area contributed by atoms with Gasteiger partial charge in [-0.1, -0.05) is 0 Å². The van der Waals surface area contributed by atoms with Crippen LogP contribution in [0.2, 0.25) is 0 Å². The number of hydrogen-bond acceptors (Lipinski definition) is 6. The first-order chi connectivity index (χ1) is 13.2. The molecule has 0 bridgehead atoms. The number of fused-ring (bicyclic) bond motifs is 1. The number of ether oxygens (including phenoxy) is 1. The Bertz CT molecular complexity index is 882. The molecule has 2 aliphatic rings. The van der Waals surface area contributed by atoms with E-state index >= 15 is 0 Å². The number of likely N-dealkylation sites (tertiary alicyclic amines) is 1. The zero-order valence-corrected chi connectivity index (χ0v) is 14.8. The second-order valence-electron chi connectivity index (χ2n) is 6.65. The van der Waals surface area contributed by atoms with Crippen LogP contribution < -0.4 is 9.64 Å². The molecule has 7 nitrogen and oxygen atoms in total. The van der Waals surface area contributed by atoms with Gasteiger partial charge in [0, 0.05) is 25.0 Å². The summed E-state index contributed by atoms with van der Waals surface area (Å²) in [5, 5.41) is 3.15. The summed E-state index contributed by atoms with van der Waals surface area (Å²) in [6, 6.07) is 6.20. The topological polar surface area (TPSA) is 81.9 Å². The minimum absolute atomic E-state index is 0.0114. The van der Waals surface area contributed by atoms with E-state index in [4.69, 9.17) is 10.3 Å². The molecule has 1 N–H and O–H groups in total. The highest BCUT2D eigenvalue weighted by molar-refractivity contribution is 5.95. The number of carbonyl (C=O) groups is 1. The number of piperidine rings is 1. The molecule has 1 aromatic heterocycles. The average Bonchev–Trinajstić information content (AvgIpc) is 2.73. The molecule has 27 heavy (non-hydrogen) atoms. The zero-order valence-electron chi connectivity index (χ0n) is 14.8. The van der Waals surface area contributed by atoms with Crippen LogP contribution >= 0.6 is 0 Å². The van der Waals surface area contributed by atoms with Crippen LogP contribution in [0.15, 0.2) is 35.6 Å². The summed E-state index contributed by atoms with van der Waals surface area (Å²) < 4.78 is 19.7. The summed E-state index contributed by atoms with van der Waals surface area (Å²) in [6.07, 6.45) is 4.77. The number of benzene rings is 1. The Kier molecular flexibility index (Phi) is 4.70.